The molecular weight excluding hydrogens is 356 g/mol. The molecule has 0 atom stereocenters. The second-order valence-corrected chi connectivity index (χ2v) is 6.21. The second-order valence-electron chi connectivity index (χ2n) is 6.21. The Kier molecular flexibility index (Phi) is 6.22. The van der Waals surface area contributed by atoms with E-state index < -0.39 is 0 Å². The molecule has 0 spiro atoms. The van der Waals surface area contributed by atoms with Crippen LogP contribution in [-0.2, 0) is 11.2 Å². The molecule has 6 heteroatoms. The lowest BCUT2D eigenvalue weighted by Crippen LogP contribution is -2.23. The van der Waals surface area contributed by atoms with Crippen LogP contribution in [0.15, 0.2) is 48.7 Å². The number of rotatable bonds is 8. The van der Waals surface area contributed by atoms with Crippen LogP contribution in [0, 0.1) is 0 Å². The smallest absolute Gasteiger partial charge is 0.244 e. The van der Waals surface area contributed by atoms with Crippen LogP contribution in [0.3, 0.4) is 0 Å². The van der Waals surface area contributed by atoms with E-state index in [-0.39, 0.29) is 5.91 Å². The van der Waals surface area contributed by atoms with Crippen LogP contribution in [0.1, 0.15) is 11.1 Å². The first-order valence-electron chi connectivity index (χ1n) is 8.96. The summed E-state index contributed by atoms with van der Waals surface area (Å²) in [5, 5.41) is 4.04. The number of H-pyrrole nitrogens is 1. The molecule has 0 aliphatic rings. The zero-order chi connectivity index (χ0) is 19.9. The predicted molar refractivity (Wildman–Crippen MR) is 110 cm³/mol. The summed E-state index contributed by atoms with van der Waals surface area (Å²) in [5.74, 6) is 1.95. The van der Waals surface area contributed by atoms with E-state index in [0.29, 0.717) is 18.0 Å². The molecule has 0 saturated heterocycles. The molecule has 0 saturated carbocycles. The summed E-state index contributed by atoms with van der Waals surface area (Å²) in [7, 11) is 4.82. The highest BCUT2D eigenvalue weighted by molar-refractivity contribution is 5.92. The number of hydrogen-bond donors (Lipinski definition) is 2. The van der Waals surface area contributed by atoms with Crippen LogP contribution < -0.4 is 19.5 Å². The summed E-state index contributed by atoms with van der Waals surface area (Å²) < 4.78 is 15.7. The van der Waals surface area contributed by atoms with Crippen molar-refractivity contribution in [2.45, 2.75) is 6.42 Å². The van der Waals surface area contributed by atoms with Crippen molar-refractivity contribution < 1.29 is 19.0 Å². The lowest BCUT2D eigenvalue weighted by atomic mass is 10.1. The molecule has 2 N–H and O–H groups in total. The third-order valence-corrected chi connectivity index (χ3v) is 4.50. The van der Waals surface area contributed by atoms with Gasteiger partial charge >= 0.3 is 0 Å². The fourth-order valence-electron chi connectivity index (χ4n) is 3.01. The van der Waals surface area contributed by atoms with Crippen molar-refractivity contribution in [3.8, 4) is 17.2 Å². The number of benzene rings is 2. The maximum absolute atomic E-state index is 12.1. The molecule has 1 heterocycles. The Bertz CT molecular complexity index is 991. The van der Waals surface area contributed by atoms with E-state index in [9.17, 15) is 4.79 Å². The van der Waals surface area contributed by atoms with Crippen LogP contribution in [-0.4, -0.2) is 38.8 Å². The molecule has 2 aromatic carbocycles. The van der Waals surface area contributed by atoms with E-state index >= 15 is 0 Å². The first kappa shape index (κ1) is 19.4. The van der Waals surface area contributed by atoms with Crippen LogP contribution in [0.4, 0.5) is 0 Å². The first-order chi connectivity index (χ1) is 13.6. The van der Waals surface area contributed by atoms with Gasteiger partial charge in [-0.15, -0.1) is 0 Å². The highest BCUT2D eigenvalue weighted by atomic mass is 16.5. The third kappa shape index (κ3) is 4.46. The zero-order valence-corrected chi connectivity index (χ0v) is 16.2. The normalized spacial score (nSPS) is 11.0. The number of aromatic amines is 1. The molecule has 3 aromatic rings. The molecule has 6 nitrogen and oxygen atoms in total. The number of nitrogens with one attached hydrogen (secondary N) is 2. The number of aromatic nitrogens is 1. The Labute approximate surface area is 164 Å². The fourth-order valence-corrected chi connectivity index (χ4v) is 3.01. The van der Waals surface area contributed by atoms with Gasteiger partial charge < -0.3 is 24.5 Å². The molecule has 3 rings (SSSR count). The summed E-state index contributed by atoms with van der Waals surface area (Å²) in [6.45, 7) is 0.550. The number of amides is 1. The summed E-state index contributed by atoms with van der Waals surface area (Å²) in [5.41, 5.74) is 3.04. The van der Waals surface area contributed by atoms with Gasteiger partial charge in [-0.05, 0) is 47.9 Å². The summed E-state index contributed by atoms with van der Waals surface area (Å²) in [6, 6.07) is 11.4. The van der Waals surface area contributed by atoms with Gasteiger partial charge in [0.15, 0.2) is 11.5 Å². The van der Waals surface area contributed by atoms with Crippen molar-refractivity contribution >= 4 is 22.9 Å². The Hall–Kier alpha value is -3.41. The van der Waals surface area contributed by atoms with Crippen molar-refractivity contribution in [3.63, 3.8) is 0 Å². The van der Waals surface area contributed by atoms with Gasteiger partial charge in [-0.1, -0.05) is 6.07 Å². The fraction of sp³-hybridized carbons (Fsp3) is 0.227. The molecule has 0 unspecified atom stereocenters. The van der Waals surface area contributed by atoms with E-state index in [1.165, 1.54) is 6.08 Å². The standard InChI is InChI=1S/C22H24N2O4/c1-26-17-6-7-18-16(14-24-19(18)13-17)10-11-23-22(25)9-5-15-4-8-20(27-2)21(12-15)28-3/h4-9,12-14,24H,10-11H2,1-3H3,(H,23,25)/b9-5+. The van der Waals surface area contributed by atoms with Crippen LogP contribution in [0.25, 0.3) is 17.0 Å². The van der Waals surface area contributed by atoms with Crippen molar-refractivity contribution in [1.29, 1.82) is 0 Å². The Morgan fingerprint density at radius 1 is 1.04 bits per heavy atom. The van der Waals surface area contributed by atoms with Gasteiger partial charge in [0.05, 0.1) is 21.3 Å². The molecule has 146 valence electrons. The lowest BCUT2D eigenvalue weighted by Gasteiger charge is -2.07. The predicted octanol–water partition coefficient (Wildman–Crippen LogP) is 3.57. The Balaban J connectivity index is 1.55. The maximum Gasteiger partial charge on any atom is 0.244 e. The molecule has 28 heavy (non-hydrogen) atoms. The number of fused-ring (bicyclic) bond motifs is 1. The Morgan fingerprint density at radius 2 is 1.86 bits per heavy atom. The van der Waals surface area contributed by atoms with E-state index in [1.54, 1.807) is 27.4 Å². The summed E-state index contributed by atoms with van der Waals surface area (Å²) in [4.78, 5) is 15.3. The summed E-state index contributed by atoms with van der Waals surface area (Å²) >= 11 is 0. The summed E-state index contributed by atoms with van der Waals surface area (Å²) in [6.07, 6.45) is 5.97. The van der Waals surface area contributed by atoms with Crippen LogP contribution >= 0.6 is 0 Å². The van der Waals surface area contributed by atoms with E-state index in [4.69, 9.17) is 14.2 Å². The Morgan fingerprint density at radius 3 is 2.61 bits per heavy atom. The van der Waals surface area contributed by atoms with Gasteiger partial charge in [-0.3, -0.25) is 4.79 Å². The minimum absolute atomic E-state index is 0.142. The lowest BCUT2D eigenvalue weighted by molar-refractivity contribution is -0.116. The monoisotopic (exact) mass is 380 g/mol. The number of ether oxygens (including phenoxy) is 3. The number of carbonyl (C=O) groups excluding carboxylic acids is 1. The van der Waals surface area contributed by atoms with Gasteiger partial charge in [-0.25, -0.2) is 0 Å². The van der Waals surface area contributed by atoms with E-state index in [0.717, 1.165) is 34.2 Å². The highest BCUT2D eigenvalue weighted by Crippen LogP contribution is 2.28. The first-order valence-corrected chi connectivity index (χ1v) is 8.96. The van der Waals surface area contributed by atoms with E-state index in [2.05, 4.69) is 10.3 Å². The number of carbonyl (C=O) groups is 1. The maximum atomic E-state index is 12.1. The van der Waals surface area contributed by atoms with Crippen molar-refractivity contribution in [2.24, 2.45) is 0 Å². The molecular formula is C22H24N2O4. The molecule has 0 bridgehead atoms. The molecule has 0 fully saturated rings. The van der Waals surface area contributed by atoms with Gasteiger partial charge in [0.2, 0.25) is 5.91 Å². The molecule has 1 aromatic heterocycles. The van der Waals surface area contributed by atoms with Gasteiger partial charge in [0.25, 0.3) is 0 Å². The van der Waals surface area contributed by atoms with Crippen LogP contribution in [0.5, 0.6) is 17.2 Å². The van der Waals surface area contributed by atoms with Gasteiger partial charge in [0.1, 0.15) is 5.75 Å². The average molecular weight is 380 g/mol. The SMILES string of the molecule is COc1ccc2c(CCNC(=O)/C=C/c3ccc(OC)c(OC)c3)c[nH]c2c1. The molecule has 0 radical (unpaired) electrons. The average Bonchev–Trinajstić information content (AvgIpc) is 3.14. The van der Waals surface area contributed by atoms with Gasteiger partial charge in [0, 0.05) is 35.8 Å². The zero-order valence-electron chi connectivity index (χ0n) is 16.2. The second kappa shape index (κ2) is 8.99. The minimum Gasteiger partial charge on any atom is -0.497 e. The van der Waals surface area contributed by atoms with Crippen molar-refractivity contribution in [1.82, 2.24) is 10.3 Å². The quantitative estimate of drug-likeness (QED) is 0.586. The molecule has 0 aliphatic carbocycles. The van der Waals surface area contributed by atoms with Crippen molar-refractivity contribution in [3.05, 3.63) is 59.8 Å². The number of hydrogen-bond acceptors (Lipinski definition) is 4. The largest absolute Gasteiger partial charge is 0.497 e. The molecule has 0 aliphatic heterocycles. The van der Waals surface area contributed by atoms with E-state index in [1.807, 2.05) is 42.6 Å². The topological polar surface area (TPSA) is 72.6 Å². The number of methoxy groups -OCH3 is 3. The highest BCUT2D eigenvalue weighted by Gasteiger charge is 2.06. The van der Waals surface area contributed by atoms with Crippen LogP contribution in [0.2, 0.25) is 0 Å². The molecule has 1 amide bonds. The minimum atomic E-state index is -0.142. The third-order valence-electron chi connectivity index (χ3n) is 4.50. The van der Waals surface area contributed by atoms with Crippen molar-refractivity contribution in [2.75, 3.05) is 27.9 Å². The van der Waals surface area contributed by atoms with Gasteiger partial charge in [-0.2, -0.15) is 0 Å².